The van der Waals surface area contributed by atoms with E-state index in [1.807, 2.05) is 0 Å². The molecule has 0 N–H and O–H groups in total. The molecule has 5 heteroatoms. The van der Waals surface area contributed by atoms with Crippen LogP contribution < -0.4 is 0 Å². The van der Waals surface area contributed by atoms with Crippen molar-refractivity contribution in [2.45, 2.75) is 16.6 Å². The molecule has 1 aliphatic heterocycles. The van der Waals surface area contributed by atoms with Gasteiger partial charge in [0, 0.05) is 35.8 Å². The molecule has 0 bridgehead atoms. The van der Waals surface area contributed by atoms with Gasteiger partial charge in [-0.25, -0.2) is 8.78 Å². The van der Waals surface area contributed by atoms with Crippen LogP contribution in [0.2, 0.25) is 0 Å². The first-order valence-electron chi connectivity index (χ1n) is 5.58. The molecule has 17 heavy (non-hydrogen) atoms. The van der Waals surface area contributed by atoms with Crippen LogP contribution in [0.4, 0.5) is 13.2 Å². The lowest BCUT2D eigenvalue weighted by Crippen LogP contribution is -2.49. The Bertz CT molecular complexity index is 360. The van der Waals surface area contributed by atoms with Gasteiger partial charge < -0.3 is 4.90 Å². The molecule has 1 aliphatic rings. The van der Waals surface area contributed by atoms with Gasteiger partial charge in [0.25, 0.3) is 0 Å². The van der Waals surface area contributed by atoms with E-state index in [1.54, 1.807) is 0 Å². The minimum atomic E-state index is -0.541. The van der Waals surface area contributed by atoms with Crippen molar-refractivity contribution in [3.8, 4) is 0 Å². The van der Waals surface area contributed by atoms with Gasteiger partial charge in [-0.1, -0.05) is 0 Å². The third-order valence-electron chi connectivity index (χ3n) is 2.67. The summed E-state index contributed by atoms with van der Waals surface area (Å²) >= 11 is 1.48. The molecule has 0 amide bonds. The summed E-state index contributed by atoms with van der Waals surface area (Å²) in [4.78, 5) is 2.77. The Kier molecular flexibility index (Phi) is 4.34. The average molecular weight is 261 g/mol. The first-order valence-corrected chi connectivity index (χ1v) is 6.46. The van der Waals surface area contributed by atoms with Gasteiger partial charge >= 0.3 is 0 Å². The quantitative estimate of drug-likeness (QED) is 0.801. The van der Waals surface area contributed by atoms with E-state index >= 15 is 0 Å². The summed E-state index contributed by atoms with van der Waals surface area (Å²) in [5, 5.41) is 0.357. The molecular formula is C12H14F3NS. The van der Waals surface area contributed by atoms with Gasteiger partial charge in [-0.3, -0.25) is 4.39 Å². The van der Waals surface area contributed by atoms with Crippen LogP contribution in [0.3, 0.4) is 0 Å². The topological polar surface area (TPSA) is 3.24 Å². The van der Waals surface area contributed by atoms with Crippen LogP contribution in [-0.4, -0.2) is 36.5 Å². The van der Waals surface area contributed by atoms with Crippen LogP contribution >= 0.6 is 11.8 Å². The number of thioether (sulfide) groups is 1. The minimum Gasteiger partial charge on any atom is -0.301 e. The molecule has 0 atom stereocenters. The maximum Gasteiger partial charge on any atom is 0.127 e. The number of nitrogens with zero attached hydrogens (tertiary/aromatic N) is 1. The van der Waals surface area contributed by atoms with E-state index in [1.165, 1.54) is 23.9 Å². The summed E-state index contributed by atoms with van der Waals surface area (Å²) in [6, 6.07) is 3.56. The van der Waals surface area contributed by atoms with E-state index in [0.29, 0.717) is 16.6 Å². The van der Waals surface area contributed by atoms with E-state index in [4.69, 9.17) is 0 Å². The fourth-order valence-corrected chi connectivity index (χ4v) is 3.17. The molecule has 2 rings (SSSR count). The van der Waals surface area contributed by atoms with Gasteiger partial charge in [-0.05, 0) is 18.6 Å². The van der Waals surface area contributed by atoms with E-state index in [2.05, 4.69) is 4.90 Å². The summed E-state index contributed by atoms with van der Waals surface area (Å²) < 4.78 is 37.8. The zero-order chi connectivity index (χ0) is 12.3. The predicted octanol–water partition coefficient (Wildman–Crippen LogP) is 3.10. The van der Waals surface area contributed by atoms with Crippen molar-refractivity contribution in [2.24, 2.45) is 0 Å². The number of rotatable bonds is 5. The Morgan fingerprint density at radius 3 is 2.41 bits per heavy atom. The highest BCUT2D eigenvalue weighted by molar-refractivity contribution is 8.00. The molecule has 0 aromatic heterocycles. The van der Waals surface area contributed by atoms with E-state index in [9.17, 15) is 13.2 Å². The molecule has 0 unspecified atom stereocenters. The lowest BCUT2D eigenvalue weighted by Gasteiger charge is -2.38. The minimum absolute atomic E-state index is 0.288. The van der Waals surface area contributed by atoms with Crippen LogP contribution in [0.1, 0.15) is 6.42 Å². The third kappa shape index (κ3) is 3.64. The Morgan fingerprint density at radius 2 is 1.82 bits per heavy atom. The Hall–Kier alpha value is -0.680. The van der Waals surface area contributed by atoms with Crippen LogP contribution in [0.15, 0.2) is 23.1 Å². The summed E-state index contributed by atoms with van der Waals surface area (Å²) in [6.45, 7) is 2.21. The van der Waals surface area contributed by atoms with Crippen molar-refractivity contribution in [3.63, 3.8) is 0 Å². The molecule has 94 valence electrons. The van der Waals surface area contributed by atoms with Crippen molar-refractivity contribution >= 4 is 11.8 Å². The van der Waals surface area contributed by atoms with Gasteiger partial charge in [0.05, 0.1) is 6.67 Å². The molecule has 0 radical (unpaired) electrons. The molecule has 0 aliphatic carbocycles. The SMILES string of the molecule is FCCCN1CC(Sc2cc(F)cc(F)c2)C1. The maximum atomic E-state index is 12.9. The fraction of sp³-hybridized carbons (Fsp3) is 0.500. The van der Waals surface area contributed by atoms with Gasteiger partial charge in [0.1, 0.15) is 11.6 Å². The van der Waals surface area contributed by atoms with Crippen molar-refractivity contribution in [2.75, 3.05) is 26.3 Å². The number of halogens is 3. The second-order valence-electron chi connectivity index (χ2n) is 4.15. The Balaban J connectivity index is 1.79. The first kappa shape index (κ1) is 12.8. The highest BCUT2D eigenvalue weighted by Gasteiger charge is 2.26. The molecule has 0 saturated carbocycles. The van der Waals surface area contributed by atoms with E-state index in [-0.39, 0.29) is 6.67 Å². The van der Waals surface area contributed by atoms with Crippen LogP contribution in [0.5, 0.6) is 0 Å². The van der Waals surface area contributed by atoms with Crippen LogP contribution in [-0.2, 0) is 0 Å². The summed E-state index contributed by atoms with van der Waals surface area (Å²) in [7, 11) is 0. The third-order valence-corrected chi connectivity index (χ3v) is 3.81. The van der Waals surface area contributed by atoms with Crippen molar-refractivity contribution in [1.29, 1.82) is 0 Å². The van der Waals surface area contributed by atoms with Gasteiger partial charge in [-0.15, -0.1) is 11.8 Å². The summed E-state index contributed by atoms with van der Waals surface area (Å²) in [6.07, 6.45) is 0.561. The average Bonchev–Trinajstić information content (AvgIpc) is 2.19. The number of benzene rings is 1. The number of alkyl halides is 1. The Morgan fingerprint density at radius 1 is 1.18 bits per heavy atom. The van der Waals surface area contributed by atoms with E-state index < -0.39 is 11.6 Å². The smallest absolute Gasteiger partial charge is 0.127 e. The normalized spacial score (nSPS) is 17.1. The maximum absolute atomic E-state index is 12.9. The molecule has 1 nitrogen and oxygen atoms in total. The largest absolute Gasteiger partial charge is 0.301 e. The molecule has 1 fully saturated rings. The molecule has 0 spiro atoms. The monoisotopic (exact) mass is 261 g/mol. The fourth-order valence-electron chi connectivity index (χ4n) is 1.85. The molecule has 1 aromatic rings. The van der Waals surface area contributed by atoms with Gasteiger partial charge in [0.15, 0.2) is 0 Å². The number of likely N-dealkylation sites (tertiary alicyclic amines) is 1. The van der Waals surface area contributed by atoms with Crippen molar-refractivity contribution in [3.05, 3.63) is 29.8 Å². The van der Waals surface area contributed by atoms with Crippen molar-refractivity contribution < 1.29 is 13.2 Å². The predicted molar refractivity (Wildman–Crippen MR) is 63.0 cm³/mol. The van der Waals surface area contributed by atoms with Crippen LogP contribution in [0, 0.1) is 11.6 Å². The number of hydrogen-bond acceptors (Lipinski definition) is 2. The second-order valence-corrected chi connectivity index (χ2v) is 5.52. The standard InChI is InChI=1S/C12H14F3NS/c13-2-1-3-16-7-12(8-16)17-11-5-9(14)4-10(15)6-11/h4-6,12H,1-3,7-8H2. The van der Waals surface area contributed by atoms with Gasteiger partial charge in [-0.2, -0.15) is 0 Å². The molecule has 1 aromatic carbocycles. The molecule has 1 saturated heterocycles. The highest BCUT2D eigenvalue weighted by Crippen LogP contribution is 2.30. The molecule has 1 heterocycles. The summed E-state index contributed by atoms with van der Waals surface area (Å²) in [5.74, 6) is -1.08. The van der Waals surface area contributed by atoms with Crippen LogP contribution in [0.25, 0.3) is 0 Å². The second kappa shape index (κ2) is 5.78. The highest BCUT2D eigenvalue weighted by atomic mass is 32.2. The van der Waals surface area contributed by atoms with Gasteiger partial charge in [0.2, 0.25) is 0 Å². The molecular weight excluding hydrogens is 247 g/mol. The zero-order valence-electron chi connectivity index (χ0n) is 9.33. The lowest BCUT2D eigenvalue weighted by molar-refractivity contribution is 0.182. The Labute approximate surface area is 103 Å². The van der Waals surface area contributed by atoms with Crippen molar-refractivity contribution in [1.82, 2.24) is 4.90 Å². The zero-order valence-corrected chi connectivity index (χ0v) is 10.2. The lowest BCUT2D eigenvalue weighted by atomic mass is 10.2. The van der Waals surface area contributed by atoms with E-state index in [0.717, 1.165) is 25.7 Å². The first-order chi connectivity index (χ1) is 8.17. The summed E-state index contributed by atoms with van der Waals surface area (Å²) in [5.41, 5.74) is 0. The number of hydrogen-bond donors (Lipinski definition) is 0.